The Hall–Kier alpha value is -1.10. The number of thioether (sulfide) groups is 1. The molecule has 1 heterocycles. The van der Waals surface area contributed by atoms with Crippen molar-refractivity contribution in [2.75, 3.05) is 5.75 Å². The third kappa shape index (κ3) is 4.49. The van der Waals surface area contributed by atoms with E-state index in [-0.39, 0.29) is 0 Å². The predicted molar refractivity (Wildman–Crippen MR) is 77.6 cm³/mol. The van der Waals surface area contributed by atoms with Crippen LogP contribution in [0.3, 0.4) is 0 Å². The molecule has 0 aromatic carbocycles. The third-order valence-corrected chi connectivity index (χ3v) is 4.30. The molecule has 1 aromatic heterocycles. The number of carboxylic acids is 1. The Bertz CT molecular complexity index is 450. The van der Waals surface area contributed by atoms with Crippen molar-refractivity contribution >= 4 is 17.7 Å². The normalized spacial score (nSPS) is 11.6. The number of carbonyl (C=O) groups is 1. The van der Waals surface area contributed by atoms with Gasteiger partial charge in [0.25, 0.3) is 0 Å². The molecule has 0 saturated carbocycles. The first-order chi connectivity index (χ1) is 8.74. The highest BCUT2D eigenvalue weighted by Crippen LogP contribution is 2.25. The fourth-order valence-electron chi connectivity index (χ4n) is 1.59. The van der Waals surface area contributed by atoms with E-state index in [1.165, 1.54) is 0 Å². The smallest absolute Gasteiger partial charge is 0.309 e. The van der Waals surface area contributed by atoms with Gasteiger partial charge in [-0.1, -0.05) is 11.8 Å². The van der Waals surface area contributed by atoms with Crippen molar-refractivity contribution in [1.82, 2.24) is 9.97 Å². The Morgan fingerprint density at radius 1 is 1.21 bits per heavy atom. The van der Waals surface area contributed by atoms with Gasteiger partial charge in [-0.05, 0) is 53.0 Å². The van der Waals surface area contributed by atoms with Crippen molar-refractivity contribution in [2.45, 2.75) is 52.6 Å². The Morgan fingerprint density at radius 2 is 1.74 bits per heavy atom. The second-order valence-corrected chi connectivity index (χ2v) is 6.51. The lowest BCUT2D eigenvalue weighted by Gasteiger charge is -2.18. The van der Waals surface area contributed by atoms with Gasteiger partial charge in [-0.25, -0.2) is 9.97 Å². The van der Waals surface area contributed by atoms with Crippen molar-refractivity contribution < 1.29 is 9.90 Å². The average molecular weight is 282 g/mol. The van der Waals surface area contributed by atoms with Gasteiger partial charge in [0, 0.05) is 17.1 Å². The maximum Gasteiger partial charge on any atom is 0.309 e. The molecule has 0 aliphatic rings. The van der Waals surface area contributed by atoms with Gasteiger partial charge in [0.05, 0.1) is 5.41 Å². The third-order valence-electron chi connectivity index (χ3n) is 3.37. The Labute approximate surface area is 119 Å². The molecular weight excluding hydrogens is 260 g/mol. The fourth-order valence-corrected chi connectivity index (χ4v) is 2.46. The van der Waals surface area contributed by atoms with Crippen LogP contribution >= 0.6 is 11.8 Å². The summed E-state index contributed by atoms with van der Waals surface area (Å²) in [4.78, 5) is 19.9. The largest absolute Gasteiger partial charge is 0.481 e. The number of aryl methyl sites for hydroxylation is 2. The lowest BCUT2D eigenvalue weighted by atomic mass is 9.88. The van der Waals surface area contributed by atoms with Gasteiger partial charge < -0.3 is 5.11 Å². The van der Waals surface area contributed by atoms with Gasteiger partial charge in [-0.2, -0.15) is 0 Å². The lowest BCUT2D eigenvalue weighted by Crippen LogP contribution is -2.23. The number of hydrogen-bond acceptors (Lipinski definition) is 4. The minimum atomic E-state index is -0.740. The van der Waals surface area contributed by atoms with Crippen molar-refractivity contribution in [1.29, 1.82) is 0 Å². The monoisotopic (exact) mass is 282 g/mol. The molecule has 4 nitrogen and oxygen atoms in total. The minimum Gasteiger partial charge on any atom is -0.481 e. The Balaban J connectivity index is 2.49. The van der Waals surface area contributed by atoms with Gasteiger partial charge in [0.1, 0.15) is 0 Å². The molecule has 1 N–H and O–H groups in total. The summed E-state index contributed by atoms with van der Waals surface area (Å²) in [6, 6.07) is 0. The van der Waals surface area contributed by atoms with Crippen LogP contribution in [0.5, 0.6) is 0 Å². The summed E-state index contributed by atoms with van der Waals surface area (Å²) in [6.45, 7) is 9.52. The van der Waals surface area contributed by atoms with Crippen LogP contribution in [0.2, 0.25) is 0 Å². The molecule has 0 spiro atoms. The quantitative estimate of drug-likeness (QED) is 0.492. The maximum absolute atomic E-state index is 11.0. The standard InChI is InChI=1S/C14H22N2O2S/c1-9-10(2)15-13(16-11(9)3)19-8-6-7-14(4,5)12(17)18/h6-8H2,1-5H3,(H,17,18). The van der Waals surface area contributed by atoms with E-state index in [0.717, 1.165) is 34.3 Å². The van der Waals surface area contributed by atoms with Crippen LogP contribution in [0.25, 0.3) is 0 Å². The summed E-state index contributed by atoms with van der Waals surface area (Å²) in [7, 11) is 0. The van der Waals surface area contributed by atoms with Gasteiger partial charge in [-0.3, -0.25) is 4.79 Å². The molecule has 0 aliphatic heterocycles. The molecule has 0 radical (unpaired) electrons. The van der Waals surface area contributed by atoms with Crippen LogP contribution in [0.4, 0.5) is 0 Å². The van der Waals surface area contributed by atoms with Crippen LogP contribution < -0.4 is 0 Å². The van der Waals surface area contributed by atoms with E-state index in [4.69, 9.17) is 5.11 Å². The summed E-state index contributed by atoms with van der Waals surface area (Å²) in [5, 5.41) is 9.82. The fraction of sp³-hybridized carbons (Fsp3) is 0.643. The van der Waals surface area contributed by atoms with E-state index in [0.29, 0.717) is 6.42 Å². The number of hydrogen-bond donors (Lipinski definition) is 1. The Morgan fingerprint density at radius 3 is 2.21 bits per heavy atom. The molecule has 1 rings (SSSR count). The first kappa shape index (κ1) is 16.0. The molecule has 0 unspecified atom stereocenters. The first-order valence-corrected chi connectivity index (χ1v) is 7.40. The molecule has 0 bridgehead atoms. The van der Waals surface area contributed by atoms with Gasteiger partial charge in [0.2, 0.25) is 0 Å². The van der Waals surface area contributed by atoms with E-state index in [1.54, 1.807) is 25.6 Å². The number of rotatable bonds is 6. The van der Waals surface area contributed by atoms with Gasteiger partial charge >= 0.3 is 5.97 Å². The van der Waals surface area contributed by atoms with E-state index in [2.05, 4.69) is 9.97 Å². The van der Waals surface area contributed by atoms with Gasteiger partial charge in [-0.15, -0.1) is 0 Å². The maximum atomic E-state index is 11.0. The number of carboxylic acid groups (broad SMARTS) is 1. The lowest BCUT2D eigenvalue weighted by molar-refractivity contribution is -0.147. The zero-order chi connectivity index (χ0) is 14.6. The van der Waals surface area contributed by atoms with Crippen LogP contribution in [-0.2, 0) is 4.79 Å². The highest BCUT2D eigenvalue weighted by atomic mass is 32.2. The van der Waals surface area contributed by atoms with Crippen molar-refractivity contribution in [3.05, 3.63) is 17.0 Å². The summed E-state index contributed by atoms with van der Waals surface area (Å²) in [5.41, 5.74) is 2.51. The molecule has 106 valence electrons. The number of aromatic nitrogens is 2. The highest BCUT2D eigenvalue weighted by molar-refractivity contribution is 7.99. The number of nitrogens with zero attached hydrogens (tertiary/aromatic N) is 2. The molecule has 0 amide bonds. The van der Waals surface area contributed by atoms with E-state index in [1.807, 2.05) is 20.8 Å². The second-order valence-electron chi connectivity index (χ2n) is 5.44. The molecule has 19 heavy (non-hydrogen) atoms. The first-order valence-electron chi connectivity index (χ1n) is 6.42. The summed E-state index contributed by atoms with van der Waals surface area (Å²) >= 11 is 1.59. The minimum absolute atomic E-state index is 0.652. The Kier molecular flexibility index (Phi) is 5.35. The summed E-state index contributed by atoms with van der Waals surface area (Å²) < 4.78 is 0. The predicted octanol–water partition coefficient (Wildman–Crippen LogP) is 3.38. The highest BCUT2D eigenvalue weighted by Gasteiger charge is 2.26. The molecule has 5 heteroatoms. The van der Waals surface area contributed by atoms with Crippen LogP contribution in [-0.4, -0.2) is 26.8 Å². The molecule has 0 aliphatic carbocycles. The van der Waals surface area contributed by atoms with Crippen molar-refractivity contribution in [3.8, 4) is 0 Å². The molecule has 1 aromatic rings. The van der Waals surface area contributed by atoms with Crippen molar-refractivity contribution in [2.24, 2.45) is 5.41 Å². The van der Waals surface area contributed by atoms with Crippen LogP contribution in [0.15, 0.2) is 5.16 Å². The van der Waals surface area contributed by atoms with E-state index in [9.17, 15) is 4.79 Å². The second kappa shape index (κ2) is 6.37. The van der Waals surface area contributed by atoms with E-state index < -0.39 is 11.4 Å². The summed E-state index contributed by atoms with van der Waals surface area (Å²) in [5.74, 6) is 0.106. The zero-order valence-electron chi connectivity index (χ0n) is 12.3. The van der Waals surface area contributed by atoms with Crippen molar-refractivity contribution in [3.63, 3.8) is 0 Å². The average Bonchev–Trinajstić information content (AvgIpc) is 2.31. The number of aliphatic carboxylic acids is 1. The summed E-state index contributed by atoms with van der Waals surface area (Å²) in [6.07, 6.45) is 1.51. The van der Waals surface area contributed by atoms with Gasteiger partial charge in [0.15, 0.2) is 5.16 Å². The van der Waals surface area contributed by atoms with E-state index >= 15 is 0 Å². The SMILES string of the molecule is Cc1nc(SCCCC(C)(C)C(=O)O)nc(C)c1C. The topological polar surface area (TPSA) is 63.1 Å². The van der Waals surface area contributed by atoms with Crippen LogP contribution in [0.1, 0.15) is 43.6 Å². The molecule has 0 fully saturated rings. The van der Waals surface area contributed by atoms with Crippen LogP contribution in [0, 0.1) is 26.2 Å². The molecular formula is C14H22N2O2S. The molecule has 0 saturated heterocycles. The zero-order valence-corrected chi connectivity index (χ0v) is 13.1. The molecule has 0 atom stereocenters.